The van der Waals surface area contributed by atoms with Crippen LogP contribution >= 0.6 is 24.8 Å². The van der Waals surface area contributed by atoms with Crippen molar-refractivity contribution in [2.75, 3.05) is 0 Å². The van der Waals surface area contributed by atoms with E-state index < -0.39 is 0 Å². The standard InChI is InChI=1S/C6H6.C4H4N2.2ClH/c2*1-2-4-6-5-3-1;;/h1-6H;1-4H;2*1H. The Morgan fingerprint density at radius 1 is 0.429 bits per heavy atom. The van der Waals surface area contributed by atoms with E-state index in [0.717, 1.165) is 0 Å². The van der Waals surface area contributed by atoms with Crippen molar-refractivity contribution < 1.29 is 0 Å². The Hall–Kier alpha value is -1.12. The minimum atomic E-state index is 0. The predicted octanol–water partition coefficient (Wildman–Crippen LogP) is 3.01. The van der Waals surface area contributed by atoms with Crippen molar-refractivity contribution in [2.45, 2.75) is 0 Å². The molecule has 0 unspecified atom stereocenters. The largest absolute Gasteiger partial charge is 0.159 e. The first-order valence-corrected chi connectivity index (χ1v) is 3.72. The van der Waals surface area contributed by atoms with E-state index in [2.05, 4.69) is 10.2 Å². The van der Waals surface area contributed by atoms with Crippen molar-refractivity contribution in [3.63, 3.8) is 0 Å². The molecular formula is C10H12Cl2N2. The highest BCUT2D eigenvalue weighted by molar-refractivity contribution is 5.85. The Kier molecular flexibility index (Phi) is 13.0. The second kappa shape index (κ2) is 11.9. The van der Waals surface area contributed by atoms with Crippen molar-refractivity contribution in [1.82, 2.24) is 10.2 Å². The molecule has 0 saturated heterocycles. The van der Waals surface area contributed by atoms with E-state index in [4.69, 9.17) is 0 Å². The second-order valence-corrected chi connectivity index (χ2v) is 2.07. The average molecular weight is 231 g/mol. The van der Waals surface area contributed by atoms with Gasteiger partial charge in [0.2, 0.25) is 0 Å². The predicted molar refractivity (Wildman–Crippen MR) is 63.0 cm³/mol. The maximum Gasteiger partial charge on any atom is 0.0496 e. The summed E-state index contributed by atoms with van der Waals surface area (Å²) in [4.78, 5) is 0. The van der Waals surface area contributed by atoms with Crippen LogP contribution in [0.4, 0.5) is 0 Å². The Morgan fingerprint density at radius 2 is 0.714 bits per heavy atom. The molecule has 0 bridgehead atoms. The van der Waals surface area contributed by atoms with Gasteiger partial charge >= 0.3 is 0 Å². The molecule has 14 heavy (non-hydrogen) atoms. The van der Waals surface area contributed by atoms with Gasteiger partial charge in [-0.05, 0) is 12.1 Å². The molecule has 0 aliphatic heterocycles. The molecule has 0 aliphatic carbocycles. The van der Waals surface area contributed by atoms with E-state index in [1.54, 1.807) is 12.4 Å². The molecule has 0 atom stereocenters. The number of halogens is 2. The fraction of sp³-hybridized carbons (Fsp3) is 0. The summed E-state index contributed by atoms with van der Waals surface area (Å²) in [5, 5.41) is 7.07. The lowest BCUT2D eigenvalue weighted by Crippen LogP contribution is -1.69. The highest BCUT2D eigenvalue weighted by atomic mass is 35.5. The highest BCUT2D eigenvalue weighted by Crippen LogP contribution is 1.79. The van der Waals surface area contributed by atoms with Crippen LogP contribution in [-0.2, 0) is 0 Å². The van der Waals surface area contributed by atoms with Crippen LogP contribution in [0.5, 0.6) is 0 Å². The summed E-state index contributed by atoms with van der Waals surface area (Å²) in [7, 11) is 0. The number of aromatic nitrogens is 2. The number of benzene rings is 1. The first kappa shape index (κ1) is 15.4. The maximum absolute atomic E-state index is 3.53. The van der Waals surface area contributed by atoms with Gasteiger partial charge in [0.05, 0.1) is 0 Å². The van der Waals surface area contributed by atoms with Gasteiger partial charge in [-0.3, -0.25) is 0 Å². The smallest absolute Gasteiger partial charge is 0.0496 e. The van der Waals surface area contributed by atoms with E-state index in [1.807, 2.05) is 48.5 Å². The van der Waals surface area contributed by atoms with E-state index in [-0.39, 0.29) is 24.8 Å². The van der Waals surface area contributed by atoms with E-state index in [9.17, 15) is 0 Å². The van der Waals surface area contributed by atoms with Gasteiger partial charge in [-0.2, -0.15) is 10.2 Å². The molecule has 2 aromatic rings. The van der Waals surface area contributed by atoms with Crippen LogP contribution in [0.25, 0.3) is 0 Å². The van der Waals surface area contributed by atoms with Crippen LogP contribution in [0.15, 0.2) is 60.9 Å². The molecule has 2 rings (SSSR count). The Balaban J connectivity index is 0. The third-order valence-electron chi connectivity index (χ3n) is 1.15. The Labute approximate surface area is 96.2 Å². The molecular weight excluding hydrogens is 219 g/mol. The summed E-state index contributed by atoms with van der Waals surface area (Å²) in [5.41, 5.74) is 0. The Morgan fingerprint density at radius 3 is 0.857 bits per heavy atom. The molecule has 0 saturated carbocycles. The number of rotatable bonds is 0. The summed E-state index contributed by atoms with van der Waals surface area (Å²) in [6, 6.07) is 15.7. The van der Waals surface area contributed by atoms with Crippen molar-refractivity contribution in [3.05, 3.63) is 60.9 Å². The molecule has 1 aromatic heterocycles. The first-order valence-electron chi connectivity index (χ1n) is 3.72. The molecule has 0 aliphatic rings. The SMILES string of the molecule is Cl.Cl.c1ccccc1.c1ccnnc1. The Bertz CT molecular complexity index is 192. The minimum Gasteiger partial charge on any atom is -0.159 e. The van der Waals surface area contributed by atoms with Crippen molar-refractivity contribution >= 4 is 24.8 Å². The third kappa shape index (κ3) is 8.97. The van der Waals surface area contributed by atoms with Gasteiger partial charge < -0.3 is 0 Å². The van der Waals surface area contributed by atoms with Gasteiger partial charge in [-0.1, -0.05) is 36.4 Å². The first-order chi connectivity index (χ1) is 6.00. The maximum atomic E-state index is 3.53. The molecule has 0 radical (unpaired) electrons. The molecule has 2 nitrogen and oxygen atoms in total. The molecule has 76 valence electrons. The van der Waals surface area contributed by atoms with Gasteiger partial charge in [0.15, 0.2) is 0 Å². The van der Waals surface area contributed by atoms with Crippen LogP contribution in [-0.4, -0.2) is 10.2 Å². The van der Waals surface area contributed by atoms with E-state index >= 15 is 0 Å². The van der Waals surface area contributed by atoms with E-state index in [0.29, 0.717) is 0 Å². The molecule has 0 N–H and O–H groups in total. The van der Waals surface area contributed by atoms with E-state index in [1.165, 1.54) is 0 Å². The molecule has 4 heteroatoms. The van der Waals surface area contributed by atoms with Crippen LogP contribution < -0.4 is 0 Å². The summed E-state index contributed by atoms with van der Waals surface area (Å²) in [5.74, 6) is 0. The quantitative estimate of drug-likeness (QED) is 0.696. The van der Waals surface area contributed by atoms with Gasteiger partial charge in [0.1, 0.15) is 0 Å². The summed E-state index contributed by atoms with van der Waals surface area (Å²) >= 11 is 0. The zero-order valence-electron chi connectivity index (χ0n) is 7.48. The zero-order valence-corrected chi connectivity index (χ0v) is 9.12. The molecule has 1 heterocycles. The van der Waals surface area contributed by atoms with Crippen LogP contribution in [0.1, 0.15) is 0 Å². The summed E-state index contributed by atoms with van der Waals surface area (Å²) in [6.45, 7) is 0. The average Bonchev–Trinajstić information content (AvgIpc) is 2.24. The fourth-order valence-corrected chi connectivity index (χ4v) is 0.638. The fourth-order valence-electron chi connectivity index (χ4n) is 0.638. The molecule has 0 fully saturated rings. The van der Waals surface area contributed by atoms with Gasteiger partial charge in [0, 0.05) is 12.4 Å². The van der Waals surface area contributed by atoms with Crippen molar-refractivity contribution in [2.24, 2.45) is 0 Å². The summed E-state index contributed by atoms with van der Waals surface area (Å²) in [6.07, 6.45) is 3.28. The lowest BCUT2D eigenvalue weighted by atomic mass is 10.4. The number of hydrogen-bond acceptors (Lipinski definition) is 2. The lowest BCUT2D eigenvalue weighted by Gasteiger charge is -1.69. The highest BCUT2D eigenvalue weighted by Gasteiger charge is 1.59. The minimum absolute atomic E-state index is 0. The molecule has 0 spiro atoms. The monoisotopic (exact) mass is 230 g/mol. The number of nitrogens with zero attached hydrogens (tertiary/aromatic N) is 2. The van der Waals surface area contributed by atoms with Gasteiger partial charge in [0.25, 0.3) is 0 Å². The molecule has 0 amide bonds. The normalized spacial score (nSPS) is 6.86. The summed E-state index contributed by atoms with van der Waals surface area (Å²) < 4.78 is 0. The topological polar surface area (TPSA) is 25.8 Å². The zero-order chi connectivity index (χ0) is 8.49. The third-order valence-corrected chi connectivity index (χ3v) is 1.15. The second-order valence-electron chi connectivity index (χ2n) is 2.07. The van der Waals surface area contributed by atoms with Crippen molar-refractivity contribution in [1.29, 1.82) is 0 Å². The van der Waals surface area contributed by atoms with Crippen LogP contribution in [0, 0.1) is 0 Å². The molecule has 1 aromatic carbocycles. The van der Waals surface area contributed by atoms with Crippen LogP contribution in [0.3, 0.4) is 0 Å². The van der Waals surface area contributed by atoms with Gasteiger partial charge in [-0.15, -0.1) is 24.8 Å². The van der Waals surface area contributed by atoms with Crippen molar-refractivity contribution in [3.8, 4) is 0 Å². The van der Waals surface area contributed by atoms with Gasteiger partial charge in [-0.25, -0.2) is 0 Å². The number of hydrogen-bond donors (Lipinski definition) is 0. The lowest BCUT2D eigenvalue weighted by molar-refractivity contribution is 1.03. The van der Waals surface area contributed by atoms with Crippen LogP contribution in [0.2, 0.25) is 0 Å².